The lowest BCUT2D eigenvalue weighted by molar-refractivity contribution is -0.140. The van der Waals surface area contributed by atoms with Crippen LogP contribution in [0.1, 0.15) is 54.0 Å². The van der Waals surface area contributed by atoms with Crippen molar-refractivity contribution in [1.82, 2.24) is 0 Å². The van der Waals surface area contributed by atoms with Crippen molar-refractivity contribution < 1.29 is 14.3 Å². The molecule has 0 aliphatic heterocycles. The van der Waals surface area contributed by atoms with Crippen LogP contribution in [0.4, 0.5) is 0 Å². The number of benzene rings is 1. The molecule has 1 aromatic rings. The molecule has 25 heavy (non-hydrogen) atoms. The van der Waals surface area contributed by atoms with Crippen LogP contribution in [0.2, 0.25) is 29.7 Å². The Morgan fingerprint density at radius 3 is 1.76 bits per heavy atom. The van der Waals surface area contributed by atoms with Crippen LogP contribution in [-0.2, 0) is 9.83 Å². The fourth-order valence-corrected chi connectivity index (χ4v) is 6.57. The Kier molecular flexibility index (Phi) is 6.07. The van der Waals surface area contributed by atoms with Crippen molar-refractivity contribution in [3.63, 3.8) is 0 Å². The maximum atomic E-state index is 12.2. The lowest BCUT2D eigenvalue weighted by atomic mass is 10.00. The largest absolute Gasteiger partial charge is 0.544 e. The molecule has 5 heteroatoms. The summed E-state index contributed by atoms with van der Waals surface area (Å²) in [6.45, 7) is 21.6. The molecular weight excluding hydrogens is 344 g/mol. The second kappa shape index (κ2) is 6.91. The second-order valence-electron chi connectivity index (χ2n) is 9.98. The first-order valence-electron chi connectivity index (χ1n) is 9.06. The molecule has 142 valence electrons. The minimum absolute atomic E-state index is 0.0312. The highest BCUT2D eigenvalue weighted by Crippen LogP contribution is 2.41. The van der Waals surface area contributed by atoms with Gasteiger partial charge in [0.15, 0.2) is 0 Å². The lowest BCUT2D eigenvalue weighted by Crippen LogP contribution is -2.50. The summed E-state index contributed by atoms with van der Waals surface area (Å²) in [6.07, 6.45) is 0. The summed E-state index contributed by atoms with van der Waals surface area (Å²) in [4.78, 5) is 12.2. The van der Waals surface area contributed by atoms with E-state index in [4.69, 9.17) is 4.43 Å². The third kappa shape index (κ3) is 4.56. The van der Waals surface area contributed by atoms with Gasteiger partial charge in [0.25, 0.3) is 0 Å². The zero-order valence-corrected chi connectivity index (χ0v) is 19.8. The summed E-state index contributed by atoms with van der Waals surface area (Å²) in [5.41, 5.74) is 0.886. The zero-order valence-electron chi connectivity index (χ0n) is 17.7. The quantitative estimate of drug-likeness (QED) is 0.675. The van der Waals surface area contributed by atoms with E-state index in [2.05, 4.69) is 61.2 Å². The van der Waals surface area contributed by atoms with Gasteiger partial charge in [-0.3, -0.25) is 4.79 Å². The van der Waals surface area contributed by atoms with Crippen molar-refractivity contribution in [2.75, 3.05) is 0 Å². The molecule has 0 fully saturated rings. The molecule has 3 nitrogen and oxygen atoms in total. The smallest absolute Gasteiger partial charge is 0.310 e. The molecule has 0 bridgehead atoms. The summed E-state index contributed by atoms with van der Waals surface area (Å²) >= 11 is 0. The van der Waals surface area contributed by atoms with Gasteiger partial charge >= 0.3 is 5.97 Å². The summed E-state index contributed by atoms with van der Waals surface area (Å²) in [7, 11) is -3.51. The van der Waals surface area contributed by atoms with E-state index < -0.39 is 28.1 Å². The minimum atomic E-state index is -1.89. The molecule has 2 atom stereocenters. The standard InChI is InChI=1S/C20H36O3Si2/c1-18(2,3)24(8)20(7,17(21)22)15-11-13-16(14-12-15)23-25(9,10)19(4,5)6/h11-14,24H,1-10H3,(H,21,22). The van der Waals surface area contributed by atoms with Gasteiger partial charge < -0.3 is 9.53 Å². The van der Waals surface area contributed by atoms with Crippen molar-refractivity contribution in [2.24, 2.45) is 0 Å². The van der Waals surface area contributed by atoms with Crippen molar-refractivity contribution >= 4 is 23.1 Å². The number of carboxylic acids is 1. The van der Waals surface area contributed by atoms with Crippen LogP contribution in [0.5, 0.6) is 5.75 Å². The van der Waals surface area contributed by atoms with E-state index in [0.29, 0.717) is 0 Å². The van der Waals surface area contributed by atoms with Gasteiger partial charge in [0.1, 0.15) is 5.75 Å². The van der Waals surface area contributed by atoms with Crippen LogP contribution in [0, 0.1) is 0 Å². The molecule has 0 spiro atoms. The number of hydrogen-bond donors (Lipinski definition) is 1. The normalized spacial score (nSPS) is 16.9. The summed E-state index contributed by atoms with van der Waals surface area (Å²) in [6, 6.07) is 7.79. The van der Waals surface area contributed by atoms with Crippen molar-refractivity contribution in [1.29, 1.82) is 0 Å². The summed E-state index contributed by atoms with van der Waals surface area (Å²) < 4.78 is 6.32. The molecule has 0 aromatic heterocycles. The van der Waals surface area contributed by atoms with E-state index in [-0.39, 0.29) is 10.1 Å². The Balaban J connectivity index is 3.21. The van der Waals surface area contributed by atoms with E-state index in [1.807, 2.05) is 31.2 Å². The topological polar surface area (TPSA) is 46.5 Å². The van der Waals surface area contributed by atoms with Crippen LogP contribution in [-0.4, -0.2) is 28.2 Å². The molecule has 1 aromatic carbocycles. The Bertz CT molecular complexity index is 609. The maximum Gasteiger partial charge on any atom is 0.310 e. The summed E-state index contributed by atoms with van der Waals surface area (Å²) in [5, 5.41) is 9.36. The first kappa shape index (κ1) is 22.0. The average Bonchev–Trinajstić information content (AvgIpc) is 2.43. The molecule has 0 aliphatic rings. The van der Waals surface area contributed by atoms with Gasteiger partial charge in [-0.25, -0.2) is 0 Å². The highest BCUT2D eigenvalue weighted by atomic mass is 28.4. The van der Waals surface area contributed by atoms with Crippen LogP contribution < -0.4 is 4.43 Å². The molecule has 0 saturated carbocycles. The lowest BCUT2D eigenvalue weighted by Gasteiger charge is -2.39. The van der Waals surface area contributed by atoms with Crippen LogP contribution in [0.15, 0.2) is 24.3 Å². The van der Waals surface area contributed by atoms with E-state index in [1.165, 1.54) is 0 Å². The maximum absolute atomic E-state index is 12.2. The Morgan fingerprint density at radius 1 is 1.00 bits per heavy atom. The molecular formula is C20H36O3Si2. The molecule has 0 saturated heterocycles. The predicted molar refractivity (Wildman–Crippen MR) is 112 cm³/mol. The van der Waals surface area contributed by atoms with Gasteiger partial charge in [-0.1, -0.05) is 60.2 Å². The summed E-state index contributed by atoms with van der Waals surface area (Å²) in [5.74, 6) is 0.118. The third-order valence-corrected chi connectivity index (χ3v) is 15.5. The Labute approximate surface area is 156 Å². The average molecular weight is 381 g/mol. The molecule has 1 rings (SSSR count). The van der Waals surface area contributed by atoms with E-state index >= 15 is 0 Å². The van der Waals surface area contributed by atoms with Crippen molar-refractivity contribution in [3.05, 3.63) is 29.8 Å². The molecule has 2 unspecified atom stereocenters. The van der Waals surface area contributed by atoms with Crippen LogP contribution >= 0.6 is 0 Å². The van der Waals surface area contributed by atoms with Gasteiger partial charge in [-0.2, -0.15) is 0 Å². The highest BCUT2D eigenvalue weighted by molar-refractivity contribution is 6.74. The molecule has 0 heterocycles. The van der Waals surface area contributed by atoms with Gasteiger partial charge in [-0.05, 0) is 47.8 Å². The van der Waals surface area contributed by atoms with E-state index in [9.17, 15) is 9.90 Å². The number of aliphatic carboxylic acids is 1. The second-order valence-corrected chi connectivity index (χ2v) is 19.0. The monoisotopic (exact) mass is 380 g/mol. The molecule has 0 amide bonds. The van der Waals surface area contributed by atoms with Gasteiger partial charge in [-0.15, -0.1) is 0 Å². The number of carboxylic acid groups (broad SMARTS) is 1. The molecule has 0 aliphatic carbocycles. The molecule has 1 N–H and O–H groups in total. The highest BCUT2D eigenvalue weighted by Gasteiger charge is 2.46. The number of rotatable bonds is 5. The van der Waals surface area contributed by atoms with Crippen molar-refractivity contribution in [3.8, 4) is 5.75 Å². The Hall–Kier alpha value is -1.08. The van der Waals surface area contributed by atoms with Crippen molar-refractivity contribution in [2.45, 2.75) is 83.2 Å². The predicted octanol–water partition coefficient (Wildman–Crippen LogP) is 5.61. The third-order valence-electron chi connectivity index (χ3n) is 6.24. The SMILES string of the molecule is C[SiH](C(C)(C)C)C(C)(C(=O)O)c1ccc(O[Si](C)(C)C(C)(C)C)cc1. The first-order valence-corrected chi connectivity index (χ1v) is 14.3. The molecule has 0 radical (unpaired) electrons. The first-order chi connectivity index (χ1) is 11.0. The Morgan fingerprint density at radius 2 is 1.44 bits per heavy atom. The van der Waals surface area contributed by atoms with Crippen LogP contribution in [0.25, 0.3) is 0 Å². The van der Waals surface area contributed by atoms with E-state index in [0.717, 1.165) is 11.3 Å². The van der Waals surface area contributed by atoms with Gasteiger partial charge in [0.2, 0.25) is 8.32 Å². The van der Waals surface area contributed by atoms with Gasteiger partial charge in [0, 0.05) is 0 Å². The van der Waals surface area contributed by atoms with Crippen LogP contribution in [0.3, 0.4) is 0 Å². The van der Waals surface area contributed by atoms with E-state index in [1.54, 1.807) is 0 Å². The van der Waals surface area contributed by atoms with Gasteiger partial charge in [0.05, 0.1) is 13.8 Å². The number of hydrogen-bond acceptors (Lipinski definition) is 2. The minimum Gasteiger partial charge on any atom is -0.544 e. The fourth-order valence-electron chi connectivity index (χ4n) is 2.74. The fraction of sp³-hybridized carbons (Fsp3) is 0.650. The zero-order chi connectivity index (χ0) is 19.8. The number of carbonyl (C=O) groups is 1.